The Morgan fingerprint density at radius 2 is 1.79 bits per heavy atom. The summed E-state index contributed by atoms with van der Waals surface area (Å²) in [6.07, 6.45) is 1.45. The van der Waals surface area contributed by atoms with Crippen LogP contribution in [0.3, 0.4) is 0 Å². The quantitative estimate of drug-likeness (QED) is 0.314. The van der Waals surface area contributed by atoms with Gasteiger partial charge in [0.15, 0.2) is 0 Å². The summed E-state index contributed by atoms with van der Waals surface area (Å²) in [5, 5.41) is 14.0. The zero-order valence-electron chi connectivity index (χ0n) is 17.7. The average molecular weight is 449 g/mol. The number of anilines is 1. The number of benzene rings is 2. The van der Waals surface area contributed by atoms with Crippen LogP contribution in [0.1, 0.15) is 11.3 Å². The van der Waals surface area contributed by atoms with Crippen molar-refractivity contribution in [2.24, 2.45) is 0 Å². The molecule has 0 saturated carbocycles. The molecule has 1 N–H and O–H groups in total. The molecule has 0 atom stereocenters. The van der Waals surface area contributed by atoms with Crippen molar-refractivity contribution in [1.29, 1.82) is 0 Å². The lowest BCUT2D eigenvalue weighted by Gasteiger charge is -2.15. The maximum absolute atomic E-state index is 13.3. The second-order valence-corrected chi connectivity index (χ2v) is 7.02. The first-order chi connectivity index (χ1) is 15.9. The number of carbonyl (C=O) groups is 2. The number of nitrogens with zero attached hydrogens (tertiary/aromatic N) is 2. The van der Waals surface area contributed by atoms with E-state index in [9.17, 15) is 19.7 Å². The molecule has 2 aromatic carbocycles. The van der Waals surface area contributed by atoms with E-state index in [1.807, 2.05) is 0 Å². The lowest BCUT2D eigenvalue weighted by atomic mass is 10.0. The molecule has 2 amide bonds. The van der Waals surface area contributed by atoms with Crippen molar-refractivity contribution < 1.29 is 28.4 Å². The molecule has 0 saturated heterocycles. The highest BCUT2D eigenvalue weighted by atomic mass is 16.6. The van der Waals surface area contributed by atoms with Crippen molar-refractivity contribution in [3.63, 3.8) is 0 Å². The van der Waals surface area contributed by atoms with Crippen LogP contribution in [0.25, 0.3) is 5.57 Å². The van der Waals surface area contributed by atoms with Crippen LogP contribution in [0, 0.1) is 10.1 Å². The van der Waals surface area contributed by atoms with Gasteiger partial charge in [-0.2, -0.15) is 0 Å². The van der Waals surface area contributed by atoms with E-state index < -0.39 is 16.7 Å². The van der Waals surface area contributed by atoms with E-state index in [0.717, 1.165) is 4.90 Å². The number of ether oxygens (including phenoxy) is 2. The van der Waals surface area contributed by atoms with Crippen LogP contribution in [-0.2, 0) is 16.1 Å². The molecule has 0 radical (unpaired) electrons. The van der Waals surface area contributed by atoms with Crippen LogP contribution in [0.5, 0.6) is 11.5 Å². The first kappa shape index (κ1) is 21.6. The number of nitro groups is 1. The van der Waals surface area contributed by atoms with E-state index >= 15 is 0 Å². The molecule has 33 heavy (non-hydrogen) atoms. The van der Waals surface area contributed by atoms with E-state index in [2.05, 4.69) is 5.32 Å². The van der Waals surface area contributed by atoms with Gasteiger partial charge in [0.25, 0.3) is 17.5 Å². The highest BCUT2D eigenvalue weighted by molar-refractivity contribution is 6.36. The smallest absolute Gasteiger partial charge is 0.278 e. The summed E-state index contributed by atoms with van der Waals surface area (Å²) in [5.74, 6) is 0.260. The normalized spacial score (nSPS) is 13.5. The highest BCUT2D eigenvalue weighted by Gasteiger charge is 2.40. The summed E-state index contributed by atoms with van der Waals surface area (Å²) in [7, 11) is 2.99. The van der Waals surface area contributed by atoms with Gasteiger partial charge in [-0.3, -0.25) is 24.6 Å². The van der Waals surface area contributed by atoms with Gasteiger partial charge in [-0.05, 0) is 42.0 Å². The Hall–Kier alpha value is -4.60. The van der Waals surface area contributed by atoms with Crippen molar-refractivity contribution in [3.05, 3.63) is 88.0 Å². The van der Waals surface area contributed by atoms with Crippen molar-refractivity contribution >= 4 is 28.8 Å². The largest absolute Gasteiger partial charge is 0.497 e. The molecule has 0 aliphatic carbocycles. The first-order valence-corrected chi connectivity index (χ1v) is 9.79. The Morgan fingerprint density at radius 3 is 2.39 bits per heavy atom. The Labute approximate surface area is 188 Å². The number of hydrogen-bond donors (Lipinski definition) is 1. The Kier molecular flexibility index (Phi) is 5.81. The number of nitrogens with one attached hydrogen (secondary N) is 1. The third kappa shape index (κ3) is 4.13. The molecular weight excluding hydrogens is 430 g/mol. The molecule has 0 spiro atoms. The van der Waals surface area contributed by atoms with Crippen LogP contribution in [-0.4, -0.2) is 35.9 Å². The fourth-order valence-electron chi connectivity index (χ4n) is 3.45. The zero-order chi connectivity index (χ0) is 23.5. The second kappa shape index (κ2) is 8.87. The van der Waals surface area contributed by atoms with Gasteiger partial charge in [-0.1, -0.05) is 0 Å². The molecule has 0 bridgehead atoms. The minimum atomic E-state index is -0.567. The average Bonchev–Trinajstić information content (AvgIpc) is 3.42. The third-order valence-electron chi connectivity index (χ3n) is 5.10. The summed E-state index contributed by atoms with van der Waals surface area (Å²) in [4.78, 5) is 38.1. The minimum absolute atomic E-state index is 0.0175. The summed E-state index contributed by atoms with van der Waals surface area (Å²) < 4.78 is 15.9. The van der Waals surface area contributed by atoms with Gasteiger partial charge in [0, 0.05) is 18.2 Å². The third-order valence-corrected chi connectivity index (χ3v) is 5.10. The van der Waals surface area contributed by atoms with Gasteiger partial charge in [0.05, 0.1) is 43.2 Å². The Balaban J connectivity index is 1.77. The maximum atomic E-state index is 13.3. The number of rotatable bonds is 8. The van der Waals surface area contributed by atoms with Crippen LogP contribution < -0.4 is 14.8 Å². The molecule has 0 unspecified atom stereocenters. The van der Waals surface area contributed by atoms with Gasteiger partial charge < -0.3 is 19.2 Å². The summed E-state index contributed by atoms with van der Waals surface area (Å²) >= 11 is 0. The van der Waals surface area contributed by atoms with Crippen LogP contribution >= 0.6 is 0 Å². The number of amides is 2. The number of carbonyl (C=O) groups excluding carboxylic acids is 2. The number of hydrogen-bond acceptors (Lipinski definition) is 8. The number of nitro benzene ring substituents is 1. The Bertz CT molecular complexity index is 1250. The topological polar surface area (TPSA) is 124 Å². The van der Waals surface area contributed by atoms with E-state index in [1.165, 1.54) is 44.7 Å². The fourth-order valence-corrected chi connectivity index (χ4v) is 3.45. The number of methoxy groups -OCH3 is 2. The molecule has 10 nitrogen and oxygen atoms in total. The molecule has 4 rings (SSSR count). The van der Waals surface area contributed by atoms with E-state index in [-0.39, 0.29) is 23.5 Å². The fraction of sp³-hybridized carbons (Fsp3) is 0.130. The molecule has 1 aromatic heterocycles. The van der Waals surface area contributed by atoms with Gasteiger partial charge in [0.2, 0.25) is 0 Å². The SMILES string of the molecule is COc1ccc(NC2=C(c3ccc([N+](=O)[O-])cc3)C(=O)N(Cc3ccco3)C2=O)c(OC)c1. The van der Waals surface area contributed by atoms with Crippen LogP contribution in [0.4, 0.5) is 11.4 Å². The summed E-state index contributed by atoms with van der Waals surface area (Å²) in [5.41, 5.74) is 0.766. The number of furan rings is 1. The van der Waals surface area contributed by atoms with Crippen molar-refractivity contribution in [1.82, 2.24) is 4.90 Å². The zero-order valence-corrected chi connectivity index (χ0v) is 17.7. The van der Waals surface area contributed by atoms with Crippen LogP contribution in [0.15, 0.2) is 71.0 Å². The molecule has 3 aromatic rings. The molecule has 10 heteroatoms. The molecule has 1 aliphatic rings. The predicted octanol–water partition coefficient (Wildman–Crippen LogP) is 3.60. The van der Waals surface area contributed by atoms with Gasteiger partial charge >= 0.3 is 0 Å². The molecular formula is C23H19N3O7. The van der Waals surface area contributed by atoms with E-state index in [4.69, 9.17) is 13.9 Å². The molecule has 2 heterocycles. The number of non-ortho nitro benzene ring substituents is 1. The molecule has 168 valence electrons. The lowest BCUT2D eigenvalue weighted by molar-refractivity contribution is -0.384. The summed E-state index contributed by atoms with van der Waals surface area (Å²) in [6.45, 7) is -0.0634. The highest BCUT2D eigenvalue weighted by Crippen LogP contribution is 2.36. The standard InChI is InChI=1S/C23H19N3O7/c1-31-16-9-10-18(19(12-16)32-2)24-21-20(14-5-7-15(8-6-14)26(29)30)22(27)25(23(21)28)13-17-4-3-11-33-17/h3-12,24H,13H2,1-2H3. The Morgan fingerprint density at radius 1 is 1.03 bits per heavy atom. The molecule has 1 aliphatic heterocycles. The van der Waals surface area contributed by atoms with Crippen molar-refractivity contribution in [2.75, 3.05) is 19.5 Å². The second-order valence-electron chi connectivity index (χ2n) is 7.02. The maximum Gasteiger partial charge on any atom is 0.278 e. The predicted molar refractivity (Wildman–Crippen MR) is 117 cm³/mol. The minimum Gasteiger partial charge on any atom is -0.497 e. The van der Waals surface area contributed by atoms with Gasteiger partial charge in [-0.15, -0.1) is 0 Å². The summed E-state index contributed by atoms with van der Waals surface area (Å²) in [6, 6.07) is 13.7. The lowest BCUT2D eigenvalue weighted by Crippen LogP contribution is -2.31. The van der Waals surface area contributed by atoms with Gasteiger partial charge in [-0.25, -0.2) is 0 Å². The molecule has 0 fully saturated rings. The monoisotopic (exact) mass is 449 g/mol. The van der Waals surface area contributed by atoms with E-state index in [0.29, 0.717) is 28.5 Å². The van der Waals surface area contributed by atoms with Gasteiger partial charge in [0.1, 0.15) is 23.0 Å². The van der Waals surface area contributed by atoms with Crippen molar-refractivity contribution in [3.8, 4) is 11.5 Å². The van der Waals surface area contributed by atoms with Crippen molar-refractivity contribution in [2.45, 2.75) is 6.54 Å². The van der Waals surface area contributed by atoms with E-state index in [1.54, 1.807) is 30.3 Å². The number of imide groups is 1. The van der Waals surface area contributed by atoms with Crippen LogP contribution in [0.2, 0.25) is 0 Å². The first-order valence-electron chi connectivity index (χ1n) is 9.79.